The van der Waals surface area contributed by atoms with Gasteiger partial charge in [-0.05, 0) is 26.8 Å². The lowest BCUT2D eigenvalue weighted by Crippen LogP contribution is -2.00. The zero-order valence-corrected chi connectivity index (χ0v) is 11.0. The molecule has 0 spiro atoms. The van der Waals surface area contributed by atoms with E-state index in [2.05, 4.69) is 10.1 Å². The molecule has 2 aromatic rings. The van der Waals surface area contributed by atoms with E-state index in [9.17, 15) is 4.79 Å². The maximum absolute atomic E-state index is 11.0. The summed E-state index contributed by atoms with van der Waals surface area (Å²) in [6.45, 7) is 5.73. The van der Waals surface area contributed by atoms with Gasteiger partial charge in [-0.25, -0.2) is 9.78 Å². The van der Waals surface area contributed by atoms with E-state index in [1.807, 2.05) is 13.8 Å². The molecule has 0 aromatic carbocycles. The van der Waals surface area contributed by atoms with Gasteiger partial charge in [0.15, 0.2) is 5.75 Å². The Morgan fingerprint density at radius 2 is 2.16 bits per heavy atom. The number of aryl methyl sites for hydroxylation is 1. The van der Waals surface area contributed by atoms with Crippen molar-refractivity contribution in [3.8, 4) is 11.6 Å². The first-order chi connectivity index (χ1) is 8.95. The van der Waals surface area contributed by atoms with Crippen molar-refractivity contribution in [2.24, 2.45) is 0 Å². The van der Waals surface area contributed by atoms with E-state index in [0.717, 1.165) is 0 Å². The second kappa shape index (κ2) is 5.09. The average molecular weight is 261 g/mol. The lowest BCUT2D eigenvalue weighted by atomic mass is 10.2. The van der Waals surface area contributed by atoms with Gasteiger partial charge in [0.1, 0.15) is 0 Å². The van der Waals surface area contributed by atoms with E-state index >= 15 is 0 Å². The Balaban J connectivity index is 2.24. The number of pyridine rings is 1. The smallest absolute Gasteiger partial charge is 0.335 e. The van der Waals surface area contributed by atoms with Gasteiger partial charge in [0.05, 0.1) is 18.0 Å². The maximum atomic E-state index is 11.0. The molecule has 0 aliphatic rings. The Morgan fingerprint density at radius 3 is 2.74 bits per heavy atom. The van der Waals surface area contributed by atoms with Gasteiger partial charge >= 0.3 is 5.97 Å². The van der Waals surface area contributed by atoms with E-state index in [1.54, 1.807) is 24.0 Å². The Hall–Kier alpha value is -2.37. The van der Waals surface area contributed by atoms with E-state index in [1.165, 1.54) is 12.1 Å². The molecule has 2 rings (SSSR count). The molecule has 0 atom stereocenters. The van der Waals surface area contributed by atoms with Crippen LogP contribution in [-0.4, -0.2) is 25.8 Å². The van der Waals surface area contributed by atoms with Gasteiger partial charge in [0.2, 0.25) is 5.88 Å². The van der Waals surface area contributed by atoms with Crippen LogP contribution in [0.5, 0.6) is 11.6 Å². The molecule has 0 unspecified atom stereocenters. The molecule has 0 bridgehead atoms. The molecule has 0 aliphatic carbocycles. The Bertz CT molecular complexity index is 605. The fourth-order valence-corrected chi connectivity index (χ4v) is 1.59. The monoisotopic (exact) mass is 261 g/mol. The fraction of sp³-hybridized carbons (Fsp3) is 0.308. The van der Waals surface area contributed by atoms with E-state index < -0.39 is 5.97 Å². The Labute approximate surface area is 110 Å². The zero-order chi connectivity index (χ0) is 14.0. The van der Waals surface area contributed by atoms with Gasteiger partial charge in [-0.2, -0.15) is 5.10 Å². The van der Waals surface area contributed by atoms with Crippen molar-refractivity contribution in [2.45, 2.75) is 26.8 Å². The highest BCUT2D eigenvalue weighted by Crippen LogP contribution is 2.21. The Morgan fingerprint density at radius 1 is 1.42 bits per heavy atom. The first-order valence-corrected chi connectivity index (χ1v) is 5.89. The van der Waals surface area contributed by atoms with Crippen molar-refractivity contribution in [1.82, 2.24) is 14.8 Å². The molecule has 0 aliphatic heterocycles. The lowest BCUT2D eigenvalue weighted by molar-refractivity contribution is 0.0696. The average Bonchev–Trinajstić information content (AvgIpc) is 2.76. The molecule has 2 heterocycles. The van der Waals surface area contributed by atoms with E-state index in [-0.39, 0.29) is 17.5 Å². The van der Waals surface area contributed by atoms with Crippen LogP contribution in [0.1, 0.15) is 35.9 Å². The number of aromatic nitrogens is 3. The quantitative estimate of drug-likeness (QED) is 0.915. The molecule has 1 N–H and O–H groups in total. The van der Waals surface area contributed by atoms with Gasteiger partial charge in [-0.15, -0.1) is 0 Å². The summed E-state index contributed by atoms with van der Waals surface area (Å²) in [6, 6.07) is 3.12. The largest absolute Gasteiger partial charge is 0.478 e. The molecule has 6 nitrogen and oxygen atoms in total. The predicted octanol–water partition coefficient (Wildman–Crippen LogP) is 2.66. The van der Waals surface area contributed by atoms with Crippen molar-refractivity contribution in [1.29, 1.82) is 0 Å². The normalized spacial score (nSPS) is 10.7. The van der Waals surface area contributed by atoms with Crippen molar-refractivity contribution >= 4 is 5.97 Å². The summed E-state index contributed by atoms with van der Waals surface area (Å²) in [7, 11) is 0. The molecule has 100 valence electrons. The second-order valence-corrected chi connectivity index (χ2v) is 4.49. The number of ether oxygens (including phenoxy) is 1. The summed E-state index contributed by atoms with van der Waals surface area (Å²) >= 11 is 0. The number of carbonyl (C=O) groups is 1. The number of rotatable bonds is 4. The summed E-state index contributed by atoms with van der Waals surface area (Å²) < 4.78 is 7.28. The number of carboxylic acids is 1. The van der Waals surface area contributed by atoms with Crippen molar-refractivity contribution in [2.75, 3.05) is 0 Å². The predicted molar refractivity (Wildman–Crippen MR) is 68.6 cm³/mol. The van der Waals surface area contributed by atoms with Gasteiger partial charge in [0, 0.05) is 17.8 Å². The minimum absolute atomic E-state index is 0.152. The minimum atomic E-state index is -1.01. The molecule has 0 amide bonds. The van der Waals surface area contributed by atoms with Crippen LogP contribution in [0.4, 0.5) is 0 Å². The number of nitrogens with zero attached hydrogens (tertiary/aromatic N) is 3. The molecule has 0 saturated heterocycles. The van der Waals surface area contributed by atoms with Crippen LogP contribution >= 0.6 is 0 Å². The van der Waals surface area contributed by atoms with Crippen LogP contribution in [0.3, 0.4) is 0 Å². The van der Waals surface area contributed by atoms with Gasteiger partial charge in [-0.1, -0.05) is 0 Å². The fourth-order valence-electron chi connectivity index (χ4n) is 1.59. The third-order valence-corrected chi connectivity index (χ3v) is 2.51. The number of hydrogen-bond acceptors (Lipinski definition) is 4. The van der Waals surface area contributed by atoms with Crippen molar-refractivity contribution in [3.63, 3.8) is 0 Å². The Kier molecular flexibility index (Phi) is 3.50. The van der Waals surface area contributed by atoms with Gasteiger partial charge in [-0.3, -0.25) is 4.68 Å². The minimum Gasteiger partial charge on any atom is -0.478 e. The standard InChI is InChI=1S/C13H15N3O3/c1-8(2)16-7-11(6-14-16)19-12-5-10(13(17)18)4-9(3)15-12/h4-8H,1-3H3,(H,17,18). The van der Waals surface area contributed by atoms with Gasteiger partial charge in [0.25, 0.3) is 0 Å². The summed E-state index contributed by atoms with van der Waals surface area (Å²) in [5.41, 5.74) is 0.741. The van der Waals surface area contributed by atoms with E-state index in [0.29, 0.717) is 11.4 Å². The molecule has 0 radical (unpaired) electrons. The second-order valence-electron chi connectivity index (χ2n) is 4.49. The lowest BCUT2D eigenvalue weighted by Gasteiger charge is -2.05. The van der Waals surface area contributed by atoms with Gasteiger partial charge < -0.3 is 9.84 Å². The molecular weight excluding hydrogens is 246 g/mol. The van der Waals surface area contributed by atoms with Crippen LogP contribution in [0, 0.1) is 6.92 Å². The van der Waals surface area contributed by atoms with Crippen molar-refractivity contribution < 1.29 is 14.6 Å². The summed E-state index contributed by atoms with van der Waals surface area (Å²) in [4.78, 5) is 15.1. The van der Waals surface area contributed by atoms with E-state index in [4.69, 9.17) is 9.84 Å². The van der Waals surface area contributed by atoms with Crippen LogP contribution in [0.2, 0.25) is 0 Å². The number of hydrogen-bond donors (Lipinski definition) is 1. The highest BCUT2D eigenvalue weighted by atomic mass is 16.5. The van der Waals surface area contributed by atoms with Crippen molar-refractivity contribution in [3.05, 3.63) is 35.8 Å². The van der Waals surface area contributed by atoms with Crippen LogP contribution in [0.15, 0.2) is 24.5 Å². The molecule has 2 aromatic heterocycles. The third-order valence-electron chi connectivity index (χ3n) is 2.51. The maximum Gasteiger partial charge on any atom is 0.335 e. The van der Waals surface area contributed by atoms with Crippen LogP contribution in [0.25, 0.3) is 0 Å². The van der Waals surface area contributed by atoms with Crippen LogP contribution in [-0.2, 0) is 0 Å². The summed E-state index contributed by atoms with van der Waals surface area (Å²) in [5.74, 6) is -0.225. The highest BCUT2D eigenvalue weighted by Gasteiger charge is 2.09. The summed E-state index contributed by atoms with van der Waals surface area (Å²) in [5, 5.41) is 13.1. The van der Waals surface area contributed by atoms with Crippen LogP contribution < -0.4 is 4.74 Å². The molecule has 0 fully saturated rings. The molecule has 0 saturated carbocycles. The molecular formula is C13H15N3O3. The zero-order valence-electron chi connectivity index (χ0n) is 11.0. The molecule has 19 heavy (non-hydrogen) atoms. The number of aromatic carboxylic acids is 1. The first kappa shape index (κ1) is 13.1. The summed E-state index contributed by atoms with van der Waals surface area (Å²) in [6.07, 6.45) is 3.32. The molecule has 6 heteroatoms. The number of carboxylic acid groups (broad SMARTS) is 1. The third kappa shape index (κ3) is 3.09. The highest BCUT2D eigenvalue weighted by molar-refractivity contribution is 5.88. The SMILES string of the molecule is Cc1cc(C(=O)O)cc(Oc2cnn(C(C)C)c2)n1. The first-order valence-electron chi connectivity index (χ1n) is 5.89. The topological polar surface area (TPSA) is 77.2 Å².